The molecule has 15 heavy (non-hydrogen) atoms. The Morgan fingerprint density at radius 1 is 1.67 bits per heavy atom. The predicted octanol–water partition coefficient (Wildman–Crippen LogP) is 4.82. The van der Waals surface area contributed by atoms with Gasteiger partial charge in [0.1, 0.15) is 0 Å². The van der Waals surface area contributed by atoms with Crippen LogP contribution in [0.4, 0.5) is 0 Å². The van der Waals surface area contributed by atoms with Gasteiger partial charge in [-0.25, -0.2) is 0 Å². The van der Waals surface area contributed by atoms with Gasteiger partial charge in [-0.1, -0.05) is 31.6 Å². The zero-order valence-electron chi connectivity index (χ0n) is 10.5. The van der Waals surface area contributed by atoms with E-state index in [2.05, 4.69) is 39.2 Å². The van der Waals surface area contributed by atoms with E-state index in [9.17, 15) is 0 Å². The van der Waals surface area contributed by atoms with Crippen molar-refractivity contribution in [3.8, 4) is 0 Å². The molecule has 0 aromatic heterocycles. The summed E-state index contributed by atoms with van der Waals surface area (Å²) in [5.41, 5.74) is 3.13. The first-order chi connectivity index (χ1) is 7.17. The van der Waals surface area contributed by atoms with Gasteiger partial charge in [-0.05, 0) is 50.4 Å². The molecule has 1 aliphatic carbocycles. The Labute approximate surface area is 99.2 Å². The summed E-state index contributed by atoms with van der Waals surface area (Å²) in [6, 6.07) is 0. The summed E-state index contributed by atoms with van der Waals surface area (Å²) < 4.78 is 0. The molecule has 86 valence electrons. The van der Waals surface area contributed by atoms with Crippen molar-refractivity contribution in [2.24, 2.45) is 5.92 Å². The maximum absolute atomic E-state index is 2.50. The fourth-order valence-electron chi connectivity index (χ4n) is 2.01. The Morgan fingerprint density at radius 3 is 2.93 bits per heavy atom. The van der Waals surface area contributed by atoms with Crippen molar-refractivity contribution in [3.05, 3.63) is 23.3 Å². The van der Waals surface area contributed by atoms with Crippen molar-refractivity contribution in [1.29, 1.82) is 0 Å². The van der Waals surface area contributed by atoms with Crippen LogP contribution in [0.25, 0.3) is 0 Å². The van der Waals surface area contributed by atoms with E-state index in [0.717, 1.165) is 11.2 Å². The third-order valence-electron chi connectivity index (χ3n) is 3.41. The first-order valence-corrected chi connectivity index (χ1v) is 7.36. The van der Waals surface area contributed by atoms with Gasteiger partial charge < -0.3 is 0 Å². The summed E-state index contributed by atoms with van der Waals surface area (Å²) in [6.07, 6.45) is 12.3. The monoisotopic (exact) mass is 224 g/mol. The van der Waals surface area contributed by atoms with E-state index in [1.54, 1.807) is 5.57 Å². The molecule has 0 aliphatic heterocycles. The fraction of sp³-hybridized carbons (Fsp3) is 0.714. The molecule has 0 saturated carbocycles. The highest BCUT2D eigenvalue weighted by Gasteiger charge is 2.14. The zero-order chi connectivity index (χ0) is 11.3. The first kappa shape index (κ1) is 12.9. The summed E-state index contributed by atoms with van der Waals surface area (Å²) >= 11 is 1.95. The van der Waals surface area contributed by atoms with Crippen molar-refractivity contribution in [3.63, 3.8) is 0 Å². The Bertz CT molecular complexity index is 250. The molecule has 1 heteroatoms. The maximum atomic E-state index is 2.50. The van der Waals surface area contributed by atoms with Gasteiger partial charge >= 0.3 is 0 Å². The maximum Gasteiger partial charge on any atom is 0.00506 e. The van der Waals surface area contributed by atoms with Crippen LogP contribution in [0, 0.1) is 5.92 Å². The van der Waals surface area contributed by atoms with E-state index in [-0.39, 0.29) is 0 Å². The lowest BCUT2D eigenvalue weighted by Gasteiger charge is -2.06. The van der Waals surface area contributed by atoms with E-state index in [0.29, 0.717) is 0 Å². The van der Waals surface area contributed by atoms with E-state index >= 15 is 0 Å². The van der Waals surface area contributed by atoms with Crippen LogP contribution in [0.3, 0.4) is 0 Å². The lowest BCUT2D eigenvalue weighted by molar-refractivity contribution is 0.611. The van der Waals surface area contributed by atoms with Crippen LogP contribution < -0.4 is 0 Å². The summed E-state index contributed by atoms with van der Waals surface area (Å²) in [4.78, 5) is 0. The summed E-state index contributed by atoms with van der Waals surface area (Å²) in [7, 11) is 0. The molecular weight excluding hydrogens is 200 g/mol. The molecule has 0 amide bonds. The molecule has 0 aromatic carbocycles. The second-order valence-corrected chi connectivity index (χ2v) is 5.84. The Hall–Kier alpha value is -0.170. The first-order valence-electron chi connectivity index (χ1n) is 6.08. The third-order valence-corrected chi connectivity index (χ3v) is 4.41. The molecule has 0 saturated heterocycles. The molecule has 1 aliphatic rings. The minimum atomic E-state index is 0.754. The largest absolute Gasteiger partial charge is 0.162 e. The Morgan fingerprint density at radius 2 is 2.40 bits per heavy atom. The second kappa shape index (κ2) is 6.42. The Balaban J connectivity index is 2.49. The molecule has 0 N–H and O–H groups in total. The van der Waals surface area contributed by atoms with E-state index in [1.807, 2.05) is 11.8 Å². The SMILES string of the molecule is CCC1C=C(/C(C)=C/CC(C)SC)CC1. The molecule has 0 nitrogen and oxygen atoms in total. The second-order valence-electron chi connectivity index (χ2n) is 4.57. The van der Waals surface area contributed by atoms with Crippen molar-refractivity contribution < 1.29 is 0 Å². The zero-order valence-corrected chi connectivity index (χ0v) is 11.4. The smallest absolute Gasteiger partial charge is 0.00506 e. The molecule has 0 heterocycles. The van der Waals surface area contributed by atoms with Crippen LogP contribution in [0.2, 0.25) is 0 Å². The van der Waals surface area contributed by atoms with Gasteiger partial charge in [0, 0.05) is 5.25 Å². The summed E-state index contributed by atoms with van der Waals surface area (Å²) in [5, 5.41) is 0.754. The van der Waals surface area contributed by atoms with Gasteiger partial charge in [-0.2, -0.15) is 11.8 Å². The van der Waals surface area contributed by atoms with Gasteiger partial charge in [0.25, 0.3) is 0 Å². The molecule has 2 unspecified atom stereocenters. The van der Waals surface area contributed by atoms with Gasteiger partial charge in [-0.15, -0.1) is 0 Å². The molecule has 0 fully saturated rings. The van der Waals surface area contributed by atoms with Crippen LogP contribution in [-0.2, 0) is 0 Å². The van der Waals surface area contributed by atoms with Gasteiger partial charge in [0.15, 0.2) is 0 Å². The average Bonchev–Trinajstić information content (AvgIpc) is 2.73. The number of thioether (sulfide) groups is 1. The molecule has 2 atom stereocenters. The highest BCUT2D eigenvalue weighted by molar-refractivity contribution is 7.99. The quantitative estimate of drug-likeness (QED) is 0.645. The highest BCUT2D eigenvalue weighted by atomic mass is 32.2. The summed E-state index contributed by atoms with van der Waals surface area (Å²) in [6.45, 7) is 6.86. The minimum Gasteiger partial charge on any atom is -0.162 e. The lowest BCUT2D eigenvalue weighted by atomic mass is 10.1. The predicted molar refractivity (Wildman–Crippen MR) is 72.4 cm³/mol. The van der Waals surface area contributed by atoms with Crippen LogP contribution >= 0.6 is 11.8 Å². The van der Waals surface area contributed by atoms with E-state index in [4.69, 9.17) is 0 Å². The normalized spacial score (nSPS) is 24.1. The van der Waals surface area contributed by atoms with Crippen molar-refractivity contribution in [2.45, 2.75) is 51.7 Å². The lowest BCUT2D eigenvalue weighted by Crippen LogP contribution is -1.92. The third kappa shape index (κ3) is 4.06. The molecule has 0 spiro atoms. The number of rotatable bonds is 5. The van der Waals surface area contributed by atoms with Crippen LogP contribution in [-0.4, -0.2) is 11.5 Å². The Kier molecular flexibility index (Phi) is 5.52. The average molecular weight is 224 g/mol. The van der Waals surface area contributed by atoms with Gasteiger partial charge in [0.05, 0.1) is 0 Å². The van der Waals surface area contributed by atoms with E-state index in [1.165, 1.54) is 31.3 Å². The molecule has 1 rings (SSSR count). The standard InChI is InChI=1S/C14H24S/c1-5-13-8-9-14(10-13)11(2)6-7-12(3)15-4/h6,10,12-13H,5,7-9H2,1-4H3/b11-6+. The summed E-state index contributed by atoms with van der Waals surface area (Å²) in [5.74, 6) is 0.848. The number of hydrogen-bond donors (Lipinski definition) is 0. The molecular formula is C14H24S. The fourth-order valence-corrected chi connectivity index (χ4v) is 2.30. The van der Waals surface area contributed by atoms with Gasteiger partial charge in [-0.3, -0.25) is 0 Å². The van der Waals surface area contributed by atoms with Gasteiger partial charge in [0.2, 0.25) is 0 Å². The number of allylic oxidation sites excluding steroid dienone is 4. The van der Waals surface area contributed by atoms with Crippen LogP contribution in [0.1, 0.15) is 46.5 Å². The minimum absolute atomic E-state index is 0.754. The van der Waals surface area contributed by atoms with Crippen molar-refractivity contribution in [1.82, 2.24) is 0 Å². The molecule has 0 bridgehead atoms. The molecule has 0 aromatic rings. The topological polar surface area (TPSA) is 0 Å². The molecule has 0 radical (unpaired) electrons. The number of hydrogen-bond acceptors (Lipinski definition) is 1. The highest BCUT2D eigenvalue weighted by Crippen LogP contribution is 2.31. The van der Waals surface area contributed by atoms with E-state index < -0.39 is 0 Å². The van der Waals surface area contributed by atoms with Crippen molar-refractivity contribution in [2.75, 3.05) is 6.26 Å². The van der Waals surface area contributed by atoms with Crippen LogP contribution in [0.15, 0.2) is 23.3 Å². The van der Waals surface area contributed by atoms with Crippen LogP contribution in [0.5, 0.6) is 0 Å². The van der Waals surface area contributed by atoms with Crippen molar-refractivity contribution >= 4 is 11.8 Å².